The SMILES string of the molecule is O=C(NCc1ccccc1OC(F)F)c1ccc(S(=O)(=O)NCc2ccco2)cc1. The van der Waals surface area contributed by atoms with Gasteiger partial charge in [0.25, 0.3) is 5.91 Å². The number of para-hydroxylation sites is 1. The molecule has 0 saturated carbocycles. The summed E-state index contributed by atoms with van der Waals surface area (Å²) >= 11 is 0. The first-order chi connectivity index (χ1) is 14.3. The smallest absolute Gasteiger partial charge is 0.387 e. The minimum Gasteiger partial charge on any atom is -0.468 e. The Morgan fingerprint density at radius 3 is 2.40 bits per heavy atom. The predicted octanol–water partition coefficient (Wildman–Crippen LogP) is 3.29. The molecule has 30 heavy (non-hydrogen) atoms. The first kappa shape index (κ1) is 21.5. The van der Waals surface area contributed by atoms with Crippen molar-refractivity contribution in [3.63, 3.8) is 0 Å². The molecule has 3 aromatic rings. The Morgan fingerprint density at radius 2 is 1.73 bits per heavy atom. The Morgan fingerprint density at radius 1 is 1.00 bits per heavy atom. The molecule has 7 nitrogen and oxygen atoms in total. The molecule has 0 unspecified atom stereocenters. The van der Waals surface area contributed by atoms with Crippen molar-refractivity contribution in [3.05, 3.63) is 83.8 Å². The molecule has 1 amide bonds. The van der Waals surface area contributed by atoms with E-state index in [1.54, 1.807) is 30.3 Å². The van der Waals surface area contributed by atoms with Crippen molar-refractivity contribution in [3.8, 4) is 5.75 Å². The third kappa shape index (κ3) is 5.65. The summed E-state index contributed by atoms with van der Waals surface area (Å²) in [5.74, 6) is -0.0584. The monoisotopic (exact) mass is 436 g/mol. The number of halogens is 2. The van der Waals surface area contributed by atoms with Gasteiger partial charge in [-0.15, -0.1) is 0 Å². The van der Waals surface area contributed by atoms with Crippen molar-refractivity contribution in [1.29, 1.82) is 0 Å². The first-order valence-corrected chi connectivity index (χ1v) is 10.3. The zero-order valence-electron chi connectivity index (χ0n) is 15.5. The van der Waals surface area contributed by atoms with E-state index in [1.807, 2.05) is 0 Å². The molecular formula is C20H18F2N2O5S. The molecule has 0 aliphatic rings. The largest absolute Gasteiger partial charge is 0.468 e. The highest BCUT2D eigenvalue weighted by Crippen LogP contribution is 2.20. The molecule has 1 heterocycles. The highest BCUT2D eigenvalue weighted by molar-refractivity contribution is 7.89. The lowest BCUT2D eigenvalue weighted by atomic mass is 10.2. The number of carbonyl (C=O) groups is 1. The lowest BCUT2D eigenvalue weighted by Gasteiger charge is -2.11. The predicted molar refractivity (Wildman–Crippen MR) is 103 cm³/mol. The van der Waals surface area contributed by atoms with Crippen LogP contribution in [0, 0.1) is 0 Å². The standard InChI is InChI=1S/C20H18F2N2O5S/c21-20(22)29-18-6-2-1-4-15(18)12-23-19(25)14-7-9-17(10-8-14)30(26,27)24-13-16-5-3-11-28-16/h1-11,20,24H,12-13H2,(H,23,25). The second kappa shape index (κ2) is 9.51. The maximum atomic E-state index is 12.5. The minimum atomic E-state index is -3.78. The van der Waals surface area contributed by atoms with Crippen LogP contribution in [-0.4, -0.2) is 20.9 Å². The van der Waals surface area contributed by atoms with E-state index in [1.165, 1.54) is 36.6 Å². The van der Waals surface area contributed by atoms with Gasteiger partial charge in [-0.25, -0.2) is 13.1 Å². The summed E-state index contributed by atoms with van der Waals surface area (Å²) in [7, 11) is -3.78. The lowest BCUT2D eigenvalue weighted by Crippen LogP contribution is -2.24. The Bertz CT molecular complexity index is 1080. The number of carbonyl (C=O) groups excluding carboxylic acids is 1. The number of ether oxygens (including phenoxy) is 1. The fraction of sp³-hybridized carbons (Fsp3) is 0.150. The number of furan rings is 1. The Labute approximate surface area is 171 Å². The van der Waals surface area contributed by atoms with Crippen LogP contribution in [0.15, 0.2) is 76.2 Å². The number of amides is 1. The van der Waals surface area contributed by atoms with Crippen LogP contribution in [0.3, 0.4) is 0 Å². The summed E-state index contributed by atoms with van der Waals surface area (Å²) in [5.41, 5.74) is 0.597. The zero-order chi connectivity index (χ0) is 21.6. The van der Waals surface area contributed by atoms with Gasteiger partial charge in [-0.3, -0.25) is 4.79 Å². The summed E-state index contributed by atoms with van der Waals surface area (Å²) in [5, 5.41) is 2.59. The maximum absolute atomic E-state index is 12.5. The van der Waals surface area contributed by atoms with Gasteiger partial charge in [-0.05, 0) is 42.5 Å². The normalized spacial score (nSPS) is 11.4. The van der Waals surface area contributed by atoms with Crippen LogP contribution in [-0.2, 0) is 23.1 Å². The number of nitrogens with one attached hydrogen (secondary N) is 2. The van der Waals surface area contributed by atoms with Crippen LogP contribution in [0.25, 0.3) is 0 Å². The molecule has 158 valence electrons. The highest BCUT2D eigenvalue weighted by Gasteiger charge is 2.16. The quantitative estimate of drug-likeness (QED) is 0.537. The number of alkyl halides is 2. The maximum Gasteiger partial charge on any atom is 0.387 e. The van der Waals surface area contributed by atoms with Gasteiger partial charge in [0.2, 0.25) is 10.0 Å². The van der Waals surface area contributed by atoms with E-state index in [-0.39, 0.29) is 29.3 Å². The van der Waals surface area contributed by atoms with E-state index in [0.29, 0.717) is 11.3 Å². The van der Waals surface area contributed by atoms with E-state index in [9.17, 15) is 22.0 Å². The number of benzene rings is 2. The van der Waals surface area contributed by atoms with Crippen molar-refractivity contribution in [2.24, 2.45) is 0 Å². The Kier molecular flexibility index (Phi) is 6.80. The zero-order valence-corrected chi connectivity index (χ0v) is 16.4. The van der Waals surface area contributed by atoms with Gasteiger partial charge in [-0.2, -0.15) is 8.78 Å². The van der Waals surface area contributed by atoms with Crippen molar-refractivity contribution in [2.75, 3.05) is 0 Å². The molecule has 2 aromatic carbocycles. The topological polar surface area (TPSA) is 97.6 Å². The molecular weight excluding hydrogens is 418 g/mol. The molecule has 0 bridgehead atoms. The Balaban J connectivity index is 1.61. The number of sulfonamides is 1. The summed E-state index contributed by atoms with van der Waals surface area (Å²) in [6.07, 6.45) is 1.44. The third-order valence-corrected chi connectivity index (χ3v) is 5.49. The molecule has 0 aliphatic carbocycles. The summed E-state index contributed by atoms with van der Waals surface area (Å²) in [4.78, 5) is 12.3. The van der Waals surface area contributed by atoms with Crippen LogP contribution in [0.1, 0.15) is 21.7 Å². The minimum absolute atomic E-state index is 0.00231. The average Bonchev–Trinajstić information content (AvgIpc) is 3.25. The van der Waals surface area contributed by atoms with Crippen molar-refractivity contribution < 1.29 is 31.1 Å². The molecule has 0 aliphatic heterocycles. The van der Waals surface area contributed by atoms with E-state index in [4.69, 9.17) is 4.42 Å². The highest BCUT2D eigenvalue weighted by atomic mass is 32.2. The van der Waals surface area contributed by atoms with Crippen LogP contribution in [0.2, 0.25) is 0 Å². The van der Waals surface area contributed by atoms with E-state index in [0.717, 1.165) is 0 Å². The van der Waals surface area contributed by atoms with Crippen LogP contribution < -0.4 is 14.8 Å². The molecule has 10 heteroatoms. The van der Waals surface area contributed by atoms with Gasteiger partial charge in [-0.1, -0.05) is 18.2 Å². The average molecular weight is 436 g/mol. The fourth-order valence-corrected chi connectivity index (χ4v) is 3.58. The van der Waals surface area contributed by atoms with Gasteiger partial charge in [0.05, 0.1) is 17.7 Å². The summed E-state index contributed by atoms with van der Waals surface area (Å²) < 4.78 is 61.5. The number of rotatable bonds is 9. The third-order valence-electron chi connectivity index (χ3n) is 4.07. The number of hydrogen-bond donors (Lipinski definition) is 2. The van der Waals surface area contributed by atoms with E-state index >= 15 is 0 Å². The van der Waals surface area contributed by atoms with Gasteiger partial charge in [0.15, 0.2) is 0 Å². The van der Waals surface area contributed by atoms with Gasteiger partial charge in [0.1, 0.15) is 11.5 Å². The summed E-state index contributed by atoms with van der Waals surface area (Å²) in [6.45, 7) is -3.01. The molecule has 0 radical (unpaired) electrons. The van der Waals surface area contributed by atoms with Gasteiger partial charge in [0, 0.05) is 17.7 Å². The second-order valence-corrected chi connectivity index (χ2v) is 7.86. The van der Waals surface area contributed by atoms with Crippen molar-refractivity contribution >= 4 is 15.9 Å². The molecule has 0 fully saturated rings. The second-order valence-electron chi connectivity index (χ2n) is 6.10. The van der Waals surface area contributed by atoms with Gasteiger partial charge >= 0.3 is 6.61 Å². The fourth-order valence-electron chi connectivity index (χ4n) is 2.59. The van der Waals surface area contributed by atoms with Crippen molar-refractivity contribution in [1.82, 2.24) is 10.0 Å². The van der Waals surface area contributed by atoms with Crippen molar-refractivity contribution in [2.45, 2.75) is 24.6 Å². The molecule has 0 atom stereocenters. The van der Waals surface area contributed by atoms with E-state index in [2.05, 4.69) is 14.8 Å². The van der Waals surface area contributed by atoms with E-state index < -0.39 is 22.5 Å². The van der Waals surface area contributed by atoms with Crippen LogP contribution in [0.5, 0.6) is 5.75 Å². The van der Waals surface area contributed by atoms with Gasteiger partial charge < -0.3 is 14.5 Å². The molecule has 0 spiro atoms. The Hall–Kier alpha value is -3.24. The molecule has 3 rings (SSSR count). The first-order valence-electron chi connectivity index (χ1n) is 8.78. The molecule has 1 aromatic heterocycles. The lowest BCUT2D eigenvalue weighted by molar-refractivity contribution is -0.0504. The summed E-state index contributed by atoms with van der Waals surface area (Å²) in [6, 6.07) is 14.7. The van der Waals surface area contributed by atoms with Crippen LogP contribution >= 0.6 is 0 Å². The number of hydrogen-bond acceptors (Lipinski definition) is 5. The molecule has 0 saturated heterocycles. The van der Waals surface area contributed by atoms with Crippen LogP contribution in [0.4, 0.5) is 8.78 Å². The molecule has 2 N–H and O–H groups in total.